The van der Waals surface area contributed by atoms with Gasteiger partial charge in [0, 0.05) is 19.1 Å². The van der Waals surface area contributed by atoms with Crippen LogP contribution in [0.1, 0.15) is 45.1 Å². The molecule has 1 aliphatic rings. The molecule has 118 valence electrons. The highest BCUT2D eigenvalue weighted by Gasteiger charge is 2.31. The van der Waals surface area contributed by atoms with Crippen molar-refractivity contribution in [2.75, 3.05) is 13.1 Å². The molecule has 0 aliphatic heterocycles. The van der Waals surface area contributed by atoms with E-state index < -0.39 is 10.0 Å². The first-order valence-electron chi connectivity index (χ1n) is 7.91. The quantitative estimate of drug-likeness (QED) is 0.842. The summed E-state index contributed by atoms with van der Waals surface area (Å²) in [6, 6.07) is 7.49. The first kappa shape index (κ1) is 16.5. The molecule has 0 radical (unpaired) electrons. The van der Waals surface area contributed by atoms with Crippen LogP contribution in [-0.2, 0) is 16.6 Å². The lowest BCUT2D eigenvalue weighted by atomic mass is 10.2. The van der Waals surface area contributed by atoms with E-state index >= 15 is 0 Å². The Labute approximate surface area is 128 Å². The third kappa shape index (κ3) is 3.84. The number of hydrogen-bond donors (Lipinski definition) is 1. The molecule has 0 heterocycles. The van der Waals surface area contributed by atoms with Gasteiger partial charge in [-0.05, 0) is 37.1 Å². The monoisotopic (exact) mass is 310 g/mol. The van der Waals surface area contributed by atoms with Crippen molar-refractivity contribution in [3.8, 4) is 0 Å². The summed E-state index contributed by atoms with van der Waals surface area (Å²) in [7, 11) is -3.38. The van der Waals surface area contributed by atoms with Crippen LogP contribution in [0.4, 0.5) is 0 Å². The number of nitrogens with zero attached hydrogens (tertiary/aromatic N) is 1. The van der Waals surface area contributed by atoms with Gasteiger partial charge in [0.05, 0.1) is 4.90 Å². The molecule has 1 aromatic rings. The highest BCUT2D eigenvalue weighted by atomic mass is 32.2. The number of hydrogen-bond acceptors (Lipinski definition) is 3. The van der Waals surface area contributed by atoms with Crippen LogP contribution in [0.2, 0.25) is 0 Å². The number of sulfonamides is 1. The van der Waals surface area contributed by atoms with E-state index in [1.165, 1.54) is 0 Å². The molecule has 2 rings (SSSR count). The van der Waals surface area contributed by atoms with Gasteiger partial charge < -0.3 is 5.32 Å². The maximum absolute atomic E-state index is 12.9. The van der Waals surface area contributed by atoms with Crippen LogP contribution < -0.4 is 5.32 Å². The molecule has 0 aromatic heterocycles. The van der Waals surface area contributed by atoms with Crippen LogP contribution in [0.15, 0.2) is 29.2 Å². The predicted octanol–water partition coefficient (Wildman–Crippen LogP) is 2.75. The lowest BCUT2D eigenvalue weighted by Gasteiger charge is -2.27. The standard InChI is InChI=1S/C16H26N2O2S/c1-3-17-13-14-8-7-11-16(12-14)21(19,20)18(4-2)15-9-5-6-10-15/h7-8,11-12,15,17H,3-6,9-10,13H2,1-2H3. The average Bonchev–Trinajstić information content (AvgIpc) is 3.00. The smallest absolute Gasteiger partial charge is 0.243 e. The molecule has 1 fully saturated rings. The summed E-state index contributed by atoms with van der Waals surface area (Å²) in [5, 5.41) is 3.23. The molecule has 21 heavy (non-hydrogen) atoms. The van der Waals surface area contributed by atoms with E-state index in [0.717, 1.165) is 37.8 Å². The highest BCUT2D eigenvalue weighted by Crippen LogP contribution is 2.28. The molecule has 0 saturated heterocycles. The molecule has 4 nitrogen and oxygen atoms in total. The Bertz CT molecular complexity index is 551. The second-order valence-electron chi connectivity index (χ2n) is 5.57. The first-order chi connectivity index (χ1) is 10.1. The minimum atomic E-state index is -3.38. The largest absolute Gasteiger partial charge is 0.313 e. The van der Waals surface area contributed by atoms with Crippen LogP contribution in [-0.4, -0.2) is 31.9 Å². The van der Waals surface area contributed by atoms with E-state index in [-0.39, 0.29) is 6.04 Å². The predicted molar refractivity (Wildman–Crippen MR) is 85.6 cm³/mol. The normalized spacial score (nSPS) is 16.7. The summed E-state index contributed by atoms with van der Waals surface area (Å²) >= 11 is 0. The Hall–Kier alpha value is -0.910. The summed E-state index contributed by atoms with van der Waals surface area (Å²) < 4.78 is 27.5. The van der Waals surface area contributed by atoms with Gasteiger partial charge in [0.15, 0.2) is 0 Å². The van der Waals surface area contributed by atoms with Gasteiger partial charge in [0.1, 0.15) is 0 Å². The molecule has 0 unspecified atom stereocenters. The number of rotatable bonds is 7. The fourth-order valence-electron chi connectivity index (χ4n) is 3.04. The minimum absolute atomic E-state index is 0.178. The second-order valence-corrected chi connectivity index (χ2v) is 7.46. The van der Waals surface area contributed by atoms with Crippen molar-refractivity contribution in [1.82, 2.24) is 9.62 Å². The van der Waals surface area contributed by atoms with Crippen molar-refractivity contribution in [3.63, 3.8) is 0 Å². The van der Waals surface area contributed by atoms with Crippen molar-refractivity contribution < 1.29 is 8.42 Å². The van der Waals surface area contributed by atoms with Crippen molar-refractivity contribution in [2.45, 2.75) is 57.0 Å². The molecule has 1 N–H and O–H groups in total. The minimum Gasteiger partial charge on any atom is -0.313 e. The van der Waals surface area contributed by atoms with E-state index in [1.807, 2.05) is 26.0 Å². The maximum atomic E-state index is 12.9. The van der Waals surface area contributed by atoms with Crippen LogP contribution in [0.25, 0.3) is 0 Å². The van der Waals surface area contributed by atoms with Crippen molar-refractivity contribution >= 4 is 10.0 Å². The number of nitrogens with one attached hydrogen (secondary N) is 1. The van der Waals surface area contributed by atoms with Gasteiger partial charge in [-0.25, -0.2) is 8.42 Å². The van der Waals surface area contributed by atoms with Gasteiger partial charge in [-0.3, -0.25) is 0 Å². The van der Waals surface area contributed by atoms with Crippen LogP contribution >= 0.6 is 0 Å². The molecule has 1 aliphatic carbocycles. The van der Waals surface area contributed by atoms with E-state index in [0.29, 0.717) is 18.0 Å². The topological polar surface area (TPSA) is 49.4 Å². The van der Waals surface area contributed by atoms with E-state index in [4.69, 9.17) is 0 Å². The zero-order valence-corrected chi connectivity index (χ0v) is 13.8. The van der Waals surface area contributed by atoms with E-state index in [1.54, 1.807) is 16.4 Å². The van der Waals surface area contributed by atoms with E-state index in [9.17, 15) is 8.42 Å². The zero-order chi connectivity index (χ0) is 15.3. The molecule has 0 spiro atoms. The first-order valence-corrected chi connectivity index (χ1v) is 9.35. The van der Waals surface area contributed by atoms with Crippen molar-refractivity contribution in [1.29, 1.82) is 0 Å². The SMILES string of the molecule is CCNCc1cccc(S(=O)(=O)N(CC)C2CCCC2)c1. The molecule has 1 saturated carbocycles. The molecular weight excluding hydrogens is 284 g/mol. The molecule has 0 amide bonds. The van der Waals surface area contributed by atoms with Gasteiger partial charge in [-0.2, -0.15) is 4.31 Å². The van der Waals surface area contributed by atoms with E-state index in [2.05, 4.69) is 5.32 Å². The lowest BCUT2D eigenvalue weighted by Crippen LogP contribution is -2.38. The van der Waals surface area contributed by atoms with Gasteiger partial charge in [-0.1, -0.05) is 38.8 Å². The zero-order valence-electron chi connectivity index (χ0n) is 13.0. The Morgan fingerprint density at radius 1 is 1.24 bits per heavy atom. The third-order valence-electron chi connectivity index (χ3n) is 4.13. The molecular formula is C16H26N2O2S. The maximum Gasteiger partial charge on any atom is 0.243 e. The lowest BCUT2D eigenvalue weighted by molar-refractivity contribution is 0.335. The summed E-state index contributed by atoms with van der Waals surface area (Å²) in [5.41, 5.74) is 1.01. The summed E-state index contributed by atoms with van der Waals surface area (Å²) in [6.45, 7) is 6.10. The average molecular weight is 310 g/mol. The van der Waals surface area contributed by atoms with Crippen LogP contribution in [0.3, 0.4) is 0 Å². The van der Waals surface area contributed by atoms with Gasteiger partial charge in [-0.15, -0.1) is 0 Å². The second kappa shape index (κ2) is 7.38. The number of benzene rings is 1. The molecule has 1 aromatic carbocycles. The Morgan fingerprint density at radius 2 is 1.95 bits per heavy atom. The molecule has 5 heteroatoms. The Morgan fingerprint density at radius 3 is 2.57 bits per heavy atom. The van der Waals surface area contributed by atoms with Crippen LogP contribution in [0.5, 0.6) is 0 Å². The fraction of sp³-hybridized carbons (Fsp3) is 0.625. The fourth-order valence-corrected chi connectivity index (χ4v) is 4.80. The van der Waals surface area contributed by atoms with Gasteiger partial charge >= 0.3 is 0 Å². The van der Waals surface area contributed by atoms with Crippen LogP contribution in [0, 0.1) is 0 Å². The third-order valence-corrected chi connectivity index (χ3v) is 6.15. The molecule has 0 bridgehead atoms. The van der Waals surface area contributed by atoms with Crippen molar-refractivity contribution in [3.05, 3.63) is 29.8 Å². The molecule has 0 atom stereocenters. The Balaban J connectivity index is 2.24. The summed E-state index contributed by atoms with van der Waals surface area (Å²) in [5.74, 6) is 0. The summed E-state index contributed by atoms with van der Waals surface area (Å²) in [6.07, 6.45) is 4.25. The Kier molecular flexibility index (Phi) is 5.79. The summed E-state index contributed by atoms with van der Waals surface area (Å²) in [4.78, 5) is 0.423. The highest BCUT2D eigenvalue weighted by molar-refractivity contribution is 7.89. The van der Waals surface area contributed by atoms with Gasteiger partial charge in [0.25, 0.3) is 0 Å². The van der Waals surface area contributed by atoms with Crippen molar-refractivity contribution in [2.24, 2.45) is 0 Å². The van der Waals surface area contributed by atoms with Gasteiger partial charge in [0.2, 0.25) is 10.0 Å².